The summed E-state index contributed by atoms with van der Waals surface area (Å²) in [6, 6.07) is 16.0. The van der Waals surface area contributed by atoms with E-state index in [9.17, 15) is 22.8 Å². The van der Waals surface area contributed by atoms with Gasteiger partial charge in [0.25, 0.3) is 0 Å². The lowest BCUT2D eigenvalue weighted by atomic mass is 10.1. The molecular formula is C31H32F3N9O2. The van der Waals surface area contributed by atoms with Gasteiger partial charge in [-0.05, 0) is 44.8 Å². The van der Waals surface area contributed by atoms with Crippen LogP contribution in [0.25, 0.3) is 0 Å². The molecule has 0 fully saturated rings. The van der Waals surface area contributed by atoms with Crippen LogP contribution in [0.4, 0.5) is 46.8 Å². The maximum Gasteiger partial charge on any atom is 0.408 e. The highest BCUT2D eigenvalue weighted by atomic mass is 19.4. The highest BCUT2D eigenvalue weighted by Crippen LogP contribution is 2.36. The minimum absolute atomic E-state index is 0.0770. The smallest absolute Gasteiger partial charge is 0.322 e. The van der Waals surface area contributed by atoms with Gasteiger partial charge in [0.1, 0.15) is 6.54 Å². The monoisotopic (exact) mass is 619 g/mol. The number of carbonyl (C=O) groups excluding carboxylic acids is 2. The fraction of sp³-hybridized carbons (Fsp3) is 0.258. The molecule has 14 heteroatoms. The molecule has 2 N–H and O–H groups in total. The van der Waals surface area contributed by atoms with Gasteiger partial charge in [0, 0.05) is 42.8 Å². The second-order valence-electron chi connectivity index (χ2n) is 10.8. The average molecular weight is 620 g/mol. The predicted octanol–water partition coefficient (Wildman–Crippen LogP) is 5.62. The molecule has 0 atom stereocenters. The number of aromatic nitrogens is 4. The molecule has 2 aromatic heterocycles. The number of anilines is 5. The summed E-state index contributed by atoms with van der Waals surface area (Å²) in [7, 11) is 3.79. The van der Waals surface area contributed by atoms with E-state index in [0.717, 1.165) is 10.2 Å². The number of hydrogen-bond acceptors (Lipinski definition) is 7. The molecule has 0 saturated heterocycles. The van der Waals surface area contributed by atoms with Crippen molar-refractivity contribution in [3.63, 3.8) is 0 Å². The lowest BCUT2D eigenvalue weighted by Crippen LogP contribution is -2.45. The van der Waals surface area contributed by atoms with E-state index in [4.69, 9.17) is 0 Å². The van der Waals surface area contributed by atoms with Gasteiger partial charge in [-0.2, -0.15) is 23.3 Å². The number of carbonyl (C=O) groups is 2. The molecule has 3 amide bonds. The number of likely N-dealkylation sites (N-methyl/N-ethyl adjacent to an activating group) is 1. The minimum atomic E-state index is -4.43. The Hall–Kier alpha value is -5.24. The number of halogens is 3. The number of fused-ring (bicyclic) bond motifs is 1. The van der Waals surface area contributed by atoms with Crippen LogP contribution in [0.1, 0.15) is 16.8 Å². The van der Waals surface area contributed by atoms with E-state index in [1.54, 1.807) is 48.4 Å². The van der Waals surface area contributed by atoms with Crippen molar-refractivity contribution in [2.24, 2.45) is 0 Å². The van der Waals surface area contributed by atoms with Crippen molar-refractivity contribution in [3.8, 4) is 0 Å². The SMILES string of the molecule is Cc1nn(CC(F)(F)F)cc1Nc1ncc2c(n1)N(c1cccc(NC(=O)/C=C/CN(C)C)c1)C(=O)N(Cc1ccccc1)C2. The average Bonchev–Trinajstić information content (AvgIpc) is 3.30. The van der Waals surface area contributed by atoms with Gasteiger partial charge in [-0.25, -0.2) is 14.7 Å². The second-order valence-corrected chi connectivity index (χ2v) is 10.8. The fourth-order valence-corrected chi connectivity index (χ4v) is 4.73. The van der Waals surface area contributed by atoms with E-state index in [2.05, 4.69) is 25.7 Å². The van der Waals surface area contributed by atoms with E-state index < -0.39 is 12.7 Å². The van der Waals surface area contributed by atoms with Crippen LogP contribution in [0.3, 0.4) is 0 Å². The summed E-state index contributed by atoms with van der Waals surface area (Å²) in [6.45, 7) is 1.50. The zero-order valence-electron chi connectivity index (χ0n) is 24.9. The van der Waals surface area contributed by atoms with E-state index in [1.807, 2.05) is 49.3 Å². The Kier molecular flexibility index (Phi) is 9.13. The first kappa shape index (κ1) is 31.2. The Morgan fingerprint density at radius 2 is 1.89 bits per heavy atom. The topological polar surface area (TPSA) is 112 Å². The zero-order chi connectivity index (χ0) is 32.1. The van der Waals surface area contributed by atoms with Crippen LogP contribution >= 0.6 is 0 Å². The van der Waals surface area contributed by atoms with Crippen LogP contribution in [-0.2, 0) is 24.4 Å². The van der Waals surface area contributed by atoms with Gasteiger partial charge in [0.15, 0.2) is 5.82 Å². The Labute approximate surface area is 258 Å². The largest absolute Gasteiger partial charge is 0.408 e. The van der Waals surface area contributed by atoms with Gasteiger partial charge >= 0.3 is 12.2 Å². The molecule has 45 heavy (non-hydrogen) atoms. The summed E-state index contributed by atoms with van der Waals surface area (Å²) in [5.41, 5.74) is 3.14. The van der Waals surface area contributed by atoms with Crippen molar-refractivity contribution in [2.45, 2.75) is 32.7 Å². The lowest BCUT2D eigenvalue weighted by molar-refractivity contribution is -0.142. The van der Waals surface area contributed by atoms with E-state index in [0.29, 0.717) is 47.2 Å². The summed E-state index contributed by atoms with van der Waals surface area (Å²) in [5.74, 6) is 0.0602. The molecule has 0 aliphatic carbocycles. The molecular weight excluding hydrogens is 587 g/mol. The lowest BCUT2D eigenvalue weighted by Gasteiger charge is -2.36. The fourth-order valence-electron chi connectivity index (χ4n) is 4.73. The standard InChI is InChI=1S/C31H32F3N9O2/c1-21-26(19-42(39-21)20-31(32,33)34)37-29-35-16-23-18-41(17-22-9-5-4-6-10-22)30(45)43(28(23)38-29)25-12-7-11-24(15-25)36-27(44)13-8-14-40(2)3/h4-13,15-16,19H,14,17-18,20H2,1-3H3,(H,36,44)(H,35,37,38)/b13-8+. The number of rotatable bonds is 10. The van der Waals surface area contributed by atoms with Gasteiger partial charge < -0.3 is 20.4 Å². The maximum absolute atomic E-state index is 14.0. The summed E-state index contributed by atoms with van der Waals surface area (Å²) in [6.07, 6.45) is 1.57. The molecule has 0 unspecified atom stereocenters. The molecule has 1 aliphatic rings. The van der Waals surface area contributed by atoms with Crippen LogP contribution in [0.2, 0.25) is 0 Å². The van der Waals surface area contributed by atoms with Gasteiger partial charge in [-0.3, -0.25) is 9.48 Å². The third kappa shape index (κ3) is 8.03. The first-order chi connectivity index (χ1) is 21.4. The summed E-state index contributed by atoms with van der Waals surface area (Å²) in [4.78, 5) is 40.6. The van der Waals surface area contributed by atoms with Gasteiger partial charge in [0.05, 0.1) is 23.6 Å². The Morgan fingerprint density at radius 1 is 1.11 bits per heavy atom. The number of benzene rings is 2. The number of urea groups is 1. The number of alkyl halides is 3. The molecule has 5 rings (SSSR count). The van der Waals surface area contributed by atoms with Crippen LogP contribution in [0.15, 0.2) is 79.1 Å². The third-order valence-electron chi connectivity index (χ3n) is 6.74. The van der Waals surface area contributed by atoms with Gasteiger partial charge in [-0.15, -0.1) is 0 Å². The molecule has 11 nitrogen and oxygen atoms in total. The number of hydrogen-bond donors (Lipinski definition) is 2. The molecule has 3 heterocycles. The second kappa shape index (κ2) is 13.2. The Morgan fingerprint density at radius 3 is 2.62 bits per heavy atom. The van der Waals surface area contributed by atoms with Gasteiger partial charge in [-0.1, -0.05) is 42.5 Å². The van der Waals surface area contributed by atoms with E-state index in [-0.39, 0.29) is 24.4 Å². The number of amides is 3. The molecule has 0 saturated carbocycles. The van der Waals surface area contributed by atoms with Crippen molar-refractivity contribution >= 4 is 40.8 Å². The quantitative estimate of drug-likeness (QED) is 0.222. The molecule has 4 aromatic rings. The highest BCUT2D eigenvalue weighted by Gasteiger charge is 2.34. The Bertz CT molecular complexity index is 1700. The van der Waals surface area contributed by atoms with Crippen molar-refractivity contribution in [2.75, 3.05) is 36.2 Å². The number of nitrogens with one attached hydrogen (secondary N) is 2. The van der Waals surface area contributed by atoms with Crippen LogP contribution in [0.5, 0.6) is 0 Å². The molecule has 0 bridgehead atoms. The zero-order valence-corrected chi connectivity index (χ0v) is 24.9. The third-order valence-corrected chi connectivity index (χ3v) is 6.74. The maximum atomic E-state index is 14.0. The summed E-state index contributed by atoms with van der Waals surface area (Å²) < 4.78 is 39.5. The number of nitrogens with zero attached hydrogens (tertiary/aromatic N) is 7. The Balaban J connectivity index is 1.47. The van der Waals surface area contributed by atoms with E-state index in [1.165, 1.54) is 17.2 Å². The summed E-state index contributed by atoms with van der Waals surface area (Å²) >= 11 is 0. The molecule has 0 radical (unpaired) electrons. The summed E-state index contributed by atoms with van der Waals surface area (Å²) in [5, 5.41) is 9.69. The van der Waals surface area contributed by atoms with Crippen LogP contribution < -0.4 is 15.5 Å². The van der Waals surface area contributed by atoms with E-state index >= 15 is 0 Å². The molecule has 234 valence electrons. The number of aryl methyl sites for hydroxylation is 1. The molecule has 1 aliphatic heterocycles. The molecule has 2 aromatic carbocycles. The van der Waals surface area contributed by atoms with Crippen molar-refractivity contribution in [1.82, 2.24) is 29.5 Å². The first-order valence-electron chi connectivity index (χ1n) is 14.0. The molecule has 0 spiro atoms. The van der Waals surface area contributed by atoms with Crippen molar-refractivity contribution < 1.29 is 22.8 Å². The first-order valence-corrected chi connectivity index (χ1v) is 14.0. The normalized spacial score (nSPS) is 13.4. The minimum Gasteiger partial charge on any atom is -0.322 e. The predicted molar refractivity (Wildman–Crippen MR) is 164 cm³/mol. The van der Waals surface area contributed by atoms with Crippen molar-refractivity contribution in [3.05, 3.63) is 96.0 Å². The van der Waals surface area contributed by atoms with Crippen LogP contribution in [0, 0.1) is 6.92 Å². The highest BCUT2D eigenvalue weighted by molar-refractivity contribution is 6.03. The van der Waals surface area contributed by atoms with Crippen molar-refractivity contribution in [1.29, 1.82) is 0 Å². The van der Waals surface area contributed by atoms with Gasteiger partial charge in [0.2, 0.25) is 11.9 Å². The van der Waals surface area contributed by atoms with Crippen LogP contribution in [-0.4, -0.2) is 68.3 Å².